The van der Waals surface area contributed by atoms with Crippen LogP contribution in [0.3, 0.4) is 0 Å². The number of hydrogen-bond donors (Lipinski definition) is 1. The fourth-order valence-electron chi connectivity index (χ4n) is 2.29. The quantitative estimate of drug-likeness (QED) is 0.615. The van der Waals surface area contributed by atoms with Crippen molar-refractivity contribution in [2.75, 3.05) is 5.32 Å². The molecule has 0 radical (unpaired) electrons. The molecule has 0 aliphatic heterocycles. The van der Waals surface area contributed by atoms with Crippen LogP contribution in [0.1, 0.15) is 19.8 Å². The van der Waals surface area contributed by atoms with Crippen LogP contribution in [0.4, 0.5) is 5.69 Å². The molecular formula is C17H14Cl2N2OS. The van der Waals surface area contributed by atoms with Crippen LogP contribution in [-0.2, 0) is 4.79 Å². The van der Waals surface area contributed by atoms with E-state index in [1.807, 2.05) is 31.2 Å². The second-order valence-corrected chi connectivity index (χ2v) is 6.97. The molecule has 3 aromatic rings. The zero-order chi connectivity index (χ0) is 16.4. The van der Waals surface area contributed by atoms with Crippen molar-refractivity contribution in [2.45, 2.75) is 19.8 Å². The number of nitrogens with one attached hydrogen (secondary N) is 1. The Morgan fingerprint density at radius 1 is 1.26 bits per heavy atom. The van der Waals surface area contributed by atoms with Crippen LogP contribution in [0.25, 0.3) is 20.8 Å². The first kappa shape index (κ1) is 16.2. The molecule has 1 amide bonds. The van der Waals surface area contributed by atoms with Crippen LogP contribution in [0, 0.1) is 0 Å². The Bertz CT molecular complexity index is 843. The Balaban J connectivity index is 2.11. The van der Waals surface area contributed by atoms with E-state index < -0.39 is 0 Å². The second kappa shape index (κ2) is 6.87. The molecule has 23 heavy (non-hydrogen) atoms. The molecule has 0 saturated heterocycles. The number of benzene rings is 2. The van der Waals surface area contributed by atoms with Crippen LogP contribution in [0.5, 0.6) is 0 Å². The van der Waals surface area contributed by atoms with Gasteiger partial charge in [-0.05, 0) is 30.7 Å². The summed E-state index contributed by atoms with van der Waals surface area (Å²) >= 11 is 14.0. The van der Waals surface area contributed by atoms with E-state index in [1.54, 1.807) is 23.5 Å². The van der Waals surface area contributed by atoms with Crippen LogP contribution in [0.2, 0.25) is 10.0 Å². The SMILES string of the molecule is CCCC(=O)Nc1c(Cl)cc(Cl)cc1-c1nc2ccccc2s1. The van der Waals surface area contributed by atoms with Gasteiger partial charge < -0.3 is 5.32 Å². The van der Waals surface area contributed by atoms with Crippen molar-refractivity contribution in [3.63, 3.8) is 0 Å². The van der Waals surface area contributed by atoms with E-state index in [0.717, 1.165) is 27.2 Å². The number of halogens is 2. The molecule has 118 valence electrons. The normalized spacial score (nSPS) is 10.9. The van der Waals surface area contributed by atoms with Gasteiger partial charge in [-0.1, -0.05) is 42.3 Å². The smallest absolute Gasteiger partial charge is 0.224 e. The fourth-order valence-corrected chi connectivity index (χ4v) is 3.81. The first-order valence-corrected chi connectivity index (χ1v) is 8.80. The summed E-state index contributed by atoms with van der Waals surface area (Å²) in [4.78, 5) is 16.6. The standard InChI is InChI=1S/C17H14Cl2N2OS/c1-2-5-15(22)21-16-11(8-10(18)9-12(16)19)17-20-13-6-3-4-7-14(13)23-17/h3-4,6-9H,2,5H2,1H3,(H,21,22). The molecule has 0 unspecified atom stereocenters. The Hall–Kier alpha value is -1.62. The molecule has 3 nitrogen and oxygen atoms in total. The van der Waals surface area contributed by atoms with Crippen LogP contribution < -0.4 is 5.32 Å². The highest BCUT2D eigenvalue weighted by Crippen LogP contribution is 2.40. The molecule has 0 spiro atoms. The van der Waals surface area contributed by atoms with Gasteiger partial charge in [0, 0.05) is 17.0 Å². The van der Waals surface area contributed by atoms with Crippen LogP contribution >= 0.6 is 34.5 Å². The van der Waals surface area contributed by atoms with E-state index in [2.05, 4.69) is 10.3 Å². The van der Waals surface area contributed by atoms with Gasteiger partial charge in [-0.15, -0.1) is 11.3 Å². The molecule has 0 atom stereocenters. The first-order valence-electron chi connectivity index (χ1n) is 7.23. The number of carbonyl (C=O) groups excluding carboxylic acids is 1. The molecule has 6 heteroatoms. The lowest BCUT2D eigenvalue weighted by Crippen LogP contribution is -2.12. The Morgan fingerprint density at radius 2 is 2.04 bits per heavy atom. The van der Waals surface area contributed by atoms with E-state index in [9.17, 15) is 4.79 Å². The molecular weight excluding hydrogens is 351 g/mol. The lowest BCUT2D eigenvalue weighted by Gasteiger charge is -2.12. The van der Waals surface area contributed by atoms with Gasteiger partial charge in [0.1, 0.15) is 5.01 Å². The summed E-state index contributed by atoms with van der Waals surface area (Å²) in [6, 6.07) is 11.3. The molecule has 0 aliphatic rings. The summed E-state index contributed by atoms with van der Waals surface area (Å²) in [5, 5.41) is 4.59. The van der Waals surface area contributed by atoms with Gasteiger partial charge in [-0.25, -0.2) is 4.98 Å². The maximum absolute atomic E-state index is 12.0. The number of aromatic nitrogens is 1. The second-order valence-electron chi connectivity index (χ2n) is 5.10. The van der Waals surface area contributed by atoms with Crippen molar-refractivity contribution >= 4 is 56.3 Å². The zero-order valence-electron chi connectivity index (χ0n) is 12.4. The third-order valence-electron chi connectivity index (χ3n) is 3.32. The van der Waals surface area contributed by atoms with Gasteiger partial charge in [0.05, 0.1) is 20.9 Å². The molecule has 1 N–H and O–H groups in total. The van der Waals surface area contributed by atoms with E-state index >= 15 is 0 Å². The van der Waals surface area contributed by atoms with Gasteiger partial charge >= 0.3 is 0 Å². The number of thiazole rings is 1. The summed E-state index contributed by atoms with van der Waals surface area (Å²) in [5.41, 5.74) is 2.22. The number of para-hydroxylation sites is 1. The van der Waals surface area contributed by atoms with Gasteiger partial charge in [-0.2, -0.15) is 0 Å². The Morgan fingerprint density at radius 3 is 2.78 bits per heavy atom. The number of amides is 1. The average Bonchev–Trinajstić information content (AvgIpc) is 2.93. The third-order valence-corrected chi connectivity index (χ3v) is 4.91. The van der Waals surface area contributed by atoms with E-state index in [-0.39, 0.29) is 5.91 Å². The lowest BCUT2D eigenvalue weighted by molar-refractivity contribution is -0.116. The molecule has 0 bridgehead atoms. The van der Waals surface area contributed by atoms with Gasteiger partial charge in [-0.3, -0.25) is 4.79 Å². The highest BCUT2D eigenvalue weighted by molar-refractivity contribution is 7.21. The largest absolute Gasteiger partial charge is 0.324 e. The fraction of sp³-hybridized carbons (Fsp3) is 0.176. The van der Waals surface area contributed by atoms with Crippen molar-refractivity contribution in [3.05, 3.63) is 46.4 Å². The summed E-state index contributed by atoms with van der Waals surface area (Å²) in [7, 11) is 0. The third kappa shape index (κ3) is 3.50. The van der Waals surface area contributed by atoms with Crippen LogP contribution in [-0.4, -0.2) is 10.9 Å². The Kier molecular flexibility index (Phi) is 4.85. The van der Waals surface area contributed by atoms with Crippen molar-refractivity contribution in [1.29, 1.82) is 0 Å². The predicted octanol–water partition coefficient (Wildman–Crippen LogP) is 6.01. The minimum atomic E-state index is -0.0703. The summed E-state index contributed by atoms with van der Waals surface area (Å²) in [6.07, 6.45) is 1.21. The number of carbonyl (C=O) groups is 1. The maximum atomic E-state index is 12.0. The minimum absolute atomic E-state index is 0.0703. The maximum Gasteiger partial charge on any atom is 0.224 e. The summed E-state index contributed by atoms with van der Waals surface area (Å²) < 4.78 is 1.07. The van der Waals surface area contributed by atoms with Crippen LogP contribution in [0.15, 0.2) is 36.4 Å². The zero-order valence-corrected chi connectivity index (χ0v) is 14.7. The predicted molar refractivity (Wildman–Crippen MR) is 98.6 cm³/mol. The van der Waals surface area contributed by atoms with E-state index in [0.29, 0.717) is 22.2 Å². The number of anilines is 1. The van der Waals surface area contributed by atoms with Gasteiger partial charge in [0.2, 0.25) is 5.91 Å². The molecule has 0 saturated carbocycles. The molecule has 1 heterocycles. The van der Waals surface area contributed by atoms with Gasteiger partial charge in [0.25, 0.3) is 0 Å². The van der Waals surface area contributed by atoms with Crippen molar-refractivity contribution < 1.29 is 4.79 Å². The number of hydrogen-bond acceptors (Lipinski definition) is 3. The number of nitrogens with zero attached hydrogens (tertiary/aromatic N) is 1. The van der Waals surface area contributed by atoms with E-state index in [4.69, 9.17) is 23.2 Å². The Labute approximate surface area is 148 Å². The highest BCUT2D eigenvalue weighted by Gasteiger charge is 2.16. The van der Waals surface area contributed by atoms with Crippen molar-refractivity contribution in [2.24, 2.45) is 0 Å². The highest BCUT2D eigenvalue weighted by atomic mass is 35.5. The molecule has 2 aromatic carbocycles. The first-order chi connectivity index (χ1) is 11.1. The molecule has 0 fully saturated rings. The number of fused-ring (bicyclic) bond motifs is 1. The van der Waals surface area contributed by atoms with Crippen molar-refractivity contribution in [3.8, 4) is 10.6 Å². The summed E-state index contributed by atoms with van der Waals surface area (Å²) in [6.45, 7) is 1.96. The molecule has 1 aromatic heterocycles. The average molecular weight is 365 g/mol. The molecule has 3 rings (SSSR count). The van der Waals surface area contributed by atoms with E-state index in [1.165, 1.54) is 0 Å². The van der Waals surface area contributed by atoms with Gasteiger partial charge in [0.15, 0.2) is 0 Å². The van der Waals surface area contributed by atoms with Crippen molar-refractivity contribution in [1.82, 2.24) is 4.98 Å². The monoisotopic (exact) mass is 364 g/mol. The topological polar surface area (TPSA) is 42.0 Å². The number of rotatable bonds is 4. The molecule has 0 aliphatic carbocycles. The lowest BCUT2D eigenvalue weighted by atomic mass is 10.1. The minimum Gasteiger partial charge on any atom is -0.324 e. The summed E-state index contributed by atoms with van der Waals surface area (Å²) in [5.74, 6) is -0.0703.